The van der Waals surface area contributed by atoms with Gasteiger partial charge in [-0.25, -0.2) is 13.1 Å². The maximum atomic E-state index is 12.6. The van der Waals surface area contributed by atoms with Crippen LogP contribution in [0, 0.1) is 6.92 Å². The van der Waals surface area contributed by atoms with Crippen LogP contribution in [0.25, 0.3) is 0 Å². The van der Waals surface area contributed by atoms with E-state index in [0.29, 0.717) is 30.7 Å². The molecule has 2 rings (SSSR count). The van der Waals surface area contributed by atoms with Crippen LogP contribution in [0.4, 0.5) is 0 Å². The standard InChI is InChI=1S/C20H26N2O5S/c1-15-4-9-18(14-19(15)20(23)21-12-13-26-2)28(24,25)22-11-10-16-5-7-17(27-3)8-6-16/h4-9,14,22H,10-13H2,1-3H3,(H,21,23). The number of carbonyl (C=O) groups excluding carboxylic acids is 1. The summed E-state index contributed by atoms with van der Waals surface area (Å²) >= 11 is 0. The van der Waals surface area contributed by atoms with E-state index in [9.17, 15) is 13.2 Å². The molecule has 0 radical (unpaired) electrons. The van der Waals surface area contributed by atoms with Crippen molar-refractivity contribution in [2.75, 3.05) is 33.9 Å². The minimum absolute atomic E-state index is 0.0599. The number of rotatable bonds is 10. The molecule has 0 fully saturated rings. The Kier molecular flexibility index (Phi) is 7.98. The molecule has 0 saturated heterocycles. The summed E-state index contributed by atoms with van der Waals surface area (Å²) in [6.07, 6.45) is 0.541. The minimum Gasteiger partial charge on any atom is -0.497 e. The molecule has 0 aliphatic rings. The highest BCUT2D eigenvalue weighted by Gasteiger charge is 2.17. The van der Waals surface area contributed by atoms with Crippen molar-refractivity contribution in [2.24, 2.45) is 0 Å². The average Bonchev–Trinajstić information content (AvgIpc) is 2.68. The largest absolute Gasteiger partial charge is 0.497 e. The lowest BCUT2D eigenvalue weighted by atomic mass is 10.1. The zero-order chi connectivity index (χ0) is 20.6. The van der Waals surface area contributed by atoms with Crippen LogP contribution in [-0.4, -0.2) is 48.2 Å². The fourth-order valence-corrected chi connectivity index (χ4v) is 3.64. The van der Waals surface area contributed by atoms with Crippen LogP contribution in [-0.2, 0) is 21.2 Å². The van der Waals surface area contributed by atoms with Crippen molar-refractivity contribution in [3.63, 3.8) is 0 Å². The molecular weight excluding hydrogens is 380 g/mol. The van der Waals surface area contributed by atoms with E-state index >= 15 is 0 Å². The zero-order valence-corrected chi connectivity index (χ0v) is 17.1. The number of aryl methyl sites for hydroxylation is 1. The second-order valence-electron chi connectivity index (χ2n) is 6.22. The number of amides is 1. The lowest BCUT2D eigenvalue weighted by Crippen LogP contribution is -2.29. The van der Waals surface area contributed by atoms with Gasteiger partial charge in [-0.2, -0.15) is 0 Å². The van der Waals surface area contributed by atoms with Crippen molar-refractivity contribution >= 4 is 15.9 Å². The number of sulfonamides is 1. The Balaban J connectivity index is 2.03. The first kappa shape index (κ1) is 21.9. The Labute approximate surface area is 166 Å². The number of benzene rings is 2. The van der Waals surface area contributed by atoms with E-state index in [2.05, 4.69) is 10.0 Å². The fraction of sp³-hybridized carbons (Fsp3) is 0.350. The molecule has 0 spiro atoms. The fourth-order valence-electron chi connectivity index (χ4n) is 2.58. The van der Waals surface area contributed by atoms with Crippen molar-refractivity contribution in [3.05, 3.63) is 59.2 Å². The summed E-state index contributed by atoms with van der Waals surface area (Å²) < 4.78 is 37.8. The molecule has 8 heteroatoms. The SMILES string of the molecule is COCCNC(=O)c1cc(S(=O)(=O)NCCc2ccc(OC)cc2)ccc1C. The Morgan fingerprint density at radius 2 is 1.75 bits per heavy atom. The van der Waals surface area contributed by atoms with Crippen LogP contribution in [0.15, 0.2) is 47.4 Å². The summed E-state index contributed by atoms with van der Waals surface area (Å²) in [5.41, 5.74) is 2.02. The van der Waals surface area contributed by atoms with Gasteiger partial charge in [0.25, 0.3) is 5.91 Å². The van der Waals surface area contributed by atoms with Gasteiger partial charge in [0.05, 0.1) is 18.6 Å². The van der Waals surface area contributed by atoms with Gasteiger partial charge in [-0.3, -0.25) is 4.79 Å². The van der Waals surface area contributed by atoms with Crippen molar-refractivity contribution in [3.8, 4) is 5.75 Å². The third-order valence-corrected chi connectivity index (χ3v) is 5.68. The molecule has 0 aliphatic carbocycles. The number of hydrogen-bond donors (Lipinski definition) is 2. The first-order valence-corrected chi connectivity index (χ1v) is 10.4. The van der Waals surface area contributed by atoms with Gasteiger partial charge in [0, 0.05) is 25.8 Å². The molecule has 2 aromatic rings. The Morgan fingerprint density at radius 3 is 2.39 bits per heavy atom. The summed E-state index contributed by atoms with van der Waals surface area (Å²) in [4.78, 5) is 12.3. The first-order chi connectivity index (χ1) is 13.4. The number of ether oxygens (including phenoxy) is 2. The average molecular weight is 407 g/mol. The minimum atomic E-state index is -3.72. The lowest BCUT2D eigenvalue weighted by molar-refractivity contribution is 0.0936. The topological polar surface area (TPSA) is 93.7 Å². The monoisotopic (exact) mass is 406 g/mol. The first-order valence-electron chi connectivity index (χ1n) is 8.88. The highest BCUT2D eigenvalue weighted by molar-refractivity contribution is 7.89. The van der Waals surface area contributed by atoms with Crippen LogP contribution in [0.5, 0.6) is 5.75 Å². The Hall–Kier alpha value is -2.42. The van der Waals surface area contributed by atoms with Crippen molar-refractivity contribution in [2.45, 2.75) is 18.2 Å². The molecule has 2 aromatic carbocycles. The highest BCUT2D eigenvalue weighted by Crippen LogP contribution is 2.16. The van der Waals surface area contributed by atoms with Gasteiger partial charge in [-0.05, 0) is 48.7 Å². The summed E-state index contributed by atoms with van der Waals surface area (Å²) in [5.74, 6) is 0.421. The second-order valence-corrected chi connectivity index (χ2v) is 7.99. The maximum Gasteiger partial charge on any atom is 0.251 e. The van der Waals surface area contributed by atoms with Gasteiger partial charge in [0.15, 0.2) is 0 Å². The van der Waals surface area contributed by atoms with Crippen LogP contribution < -0.4 is 14.8 Å². The number of hydrogen-bond acceptors (Lipinski definition) is 5. The van der Waals surface area contributed by atoms with Gasteiger partial charge in [0.2, 0.25) is 10.0 Å². The number of nitrogens with one attached hydrogen (secondary N) is 2. The van der Waals surface area contributed by atoms with Crippen LogP contribution >= 0.6 is 0 Å². The van der Waals surface area contributed by atoms with E-state index in [1.54, 1.807) is 27.2 Å². The van der Waals surface area contributed by atoms with Crippen molar-refractivity contribution < 1.29 is 22.7 Å². The van der Waals surface area contributed by atoms with Crippen LogP contribution in [0.2, 0.25) is 0 Å². The number of carbonyl (C=O) groups is 1. The maximum absolute atomic E-state index is 12.6. The third-order valence-electron chi connectivity index (χ3n) is 4.22. The van der Waals surface area contributed by atoms with E-state index in [1.165, 1.54) is 12.1 Å². The summed E-state index contributed by atoms with van der Waals surface area (Å²) in [7, 11) is -0.583. The molecular formula is C20H26N2O5S. The highest BCUT2D eigenvalue weighted by atomic mass is 32.2. The summed E-state index contributed by atoms with van der Waals surface area (Å²) in [6, 6.07) is 12.0. The molecule has 0 atom stereocenters. The molecule has 152 valence electrons. The molecule has 0 aliphatic heterocycles. The number of methoxy groups -OCH3 is 2. The Bertz CT molecular complexity index is 895. The molecule has 0 unspecified atom stereocenters. The van der Waals surface area contributed by atoms with Gasteiger partial charge in [0.1, 0.15) is 5.75 Å². The molecule has 2 N–H and O–H groups in total. The van der Waals surface area contributed by atoms with E-state index in [0.717, 1.165) is 11.3 Å². The van der Waals surface area contributed by atoms with Crippen molar-refractivity contribution in [1.29, 1.82) is 0 Å². The van der Waals surface area contributed by atoms with Gasteiger partial charge >= 0.3 is 0 Å². The zero-order valence-electron chi connectivity index (χ0n) is 16.3. The van der Waals surface area contributed by atoms with Crippen LogP contribution in [0.3, 0.4) is 0 Å². The predicted octanol–water partition coefficient (Wildman–Crippen LogP) is 1.90. The quantitative estimate of drug-likeness (QED) is 0.588. The van der Waals surface area contributed by atoms with Gasteiger partial charge in [-0.1, -0.05) is 18.2 Å². The van der Waals surface area contributed by atoms with Gasteiger partial charge in [-0.15, -0.1) is 0 Å². The molecule has 28 heavy (non-hydrogen) atoms. The van der Waals surface area contributed by atoms with Gasteiger partial charge < -0.3 is 14.8 Å². The van der Waals surface area contributed by atoms with E-state index < -0.39 is 10.0 Å². The Morgan fingerprint density at radius 1 is 1.04 bits per heavy atom. The van der Waals surface area contributed by atoms with E-state index in [-0.39, 0.29) is 17.3 Å². The predicted molar refractivity (Wildman–Crippen MR) is 107 cm³/mol. The molecule has 0 bridgehead atoms. The van der Waals surface area contributed by atoms with E-state index in [1.807, 2.05) is 24.3 Å². The van der Waals surface area contributed by atoms with E-state index in [4.69, 9.17) is 9.47 Å². The smallest absolute Gasteiger partial charge is 0.251 e. The third kappa shape index (κ3) is 6.05. The van der Waals surface area contributed by atoms with Crippen molar-refractivity contribution in [1.82, 2.24) is 10.0 Å². The van der Waals surface area contributed by atoms with Crippen LogP contribution in [0.1, 0.15) is 21.5 Å². The molecule has 0 aromatic heterocycles. The molecule has 0 heterocycles. The summed E-state index contributed by atoms with van der Waals surface area (Å²) in [6.45, 7) is 2.75. The second kappa shape index (κ2) is 10.2. The molecule has 1 amide bonds. The summed E-state index contributed by atoms with van der Waals surface area (Å²) in [5, 5.41) is 2.70. The lowest BCUT2D eigenvalue weighted by Gasteiger charge is -2.11. The molecule has 7 nitrogen and oxygen atoms in total. The molecule has 0 saturated carbocycles. The normalized spacial score (nSPS) is 11.2.